The Morgan fingerprint density at radius 2 is 1.87 bits per heavy atom. The van der Waals surface area contributed by atoms with E-state index in [2.05, 4.69) is 31.1 Å². The standard InChI is InChI=1S/C16H12BrN3O3/c1-8-6-11-13(12(17)7-8)18-16(23)14(11)19-20-15(22)9-2-4-10(21)5-3-9/h2-7,18,21,23H,1H3. The highest BCUT2D eigenvalue weighted by Crippen LogP contribution is 2.39. The zero-order valence-corrected chi connectivity index (χ0v) is 13.6. The second kappa shape index (κ2) is 5.85. The van der Waals surface area contributed by atoms with Gasteiger partial charge in [-0.3, -0.25) is 4.79 Å². The number of hydrogen-bond donors (Lipinski definition) is 3. The zero-order chi connectivity index (χ0) is 16.6. The van der Waals surface area contributed by atoms with Crippen LogP contribution in [0.25, 0.3) is 10.9 Å². The van der Waals surface area contributed by atoms with Gasteiger partial charge < -0.3 is 15.2 Å². The number of hydrogen-bond acceptors (Lipinski definition) is 4. The molecule has 0 aliphatic rings. The first-order valence-corrected chi connectivity index (χ1v) is 7.51. The number of carbonyl (C=O) groups is 1. The van der Waals surface area contributed by atoms with Crippen LogP contribution in [0.1, 0.15) is 15.9 Å². The van der Waals surface area contributed by atoms with Gasteiger partial charge in [-0.05, 0) is 64.8 Å². The highest BCUT2D eigenvalue weighted by Gasteiger charge is 2.14. The van der Waals surface area contributed by atoms with E-state index in [0.29, 0.717) is 16.5 Å². The van der Waals surface area contributed by atoms with E-state index in [9.17, 15) is 15.0 Å². The number of H-pyrrole nitrogens is 1. The molecule has 2 aromatic carbocycles. The summed E-state index contributed by atoms with van der Waals surface area (Å²) in [7, 11) is 0. The lowest BCUT2D eigenvalue weighted by molar-refractivity contribution is 0.0995. The van der Waals surface area contributed by atoms with Gasteiger partial charge in [0.15, 0.2) is 5.69 Å². The molecule has 1 heterocycles. The quantitative estimate of drug-likeness (QED) is 0.573. The lowest BCUT2D eigenvalue weighted by atomic mass is 10.1. The third-order valence-corrected chi connectivity index (χ3v) is 3.94. The van der Waals surface area contributed by atoms with Crippen LogP contribution in [-0.2, 0) is 0 Å². The number of phenols is 1. The van der Waals surface area contributed by atoms with Gasteiger partial charge in [0.2, 0.25) is 5.88 Å². The summed E-state index contributed by atoms with van der Waals surface area (Å²) < 4.78 is 0.786. The number of rotatable bonds is 2. The maximum absolute atomic E-state index is 12.0. The third kappa shape index (κ3) is 2.95. The average Bonchev–Trinajstić information content (AvgIpc) is 2.82. The normalized spacial score (nSPS) is 11.4. The van der Waals surface area contributed by atoms with Crippen LogP contribution in [0.15, 0.2) is 51.1 Å². The Bertz CT molecular complexity index is 930. The summed E-state index contributed by atoms with van der Waals surface area (Å²) in [5, 5.41) is 27.4. The SMILES string of the molecule is Cc1cc(Br)c2[nH]c(O)c(N=NC(=O)c3ccc(O)cc3)c2c1. The van der Waals surface area contributed by atoms with Crippen molar-refractivity contribution in [1.29, 1.82) is 0 Å². The highest BCUT2D eigenvalue weighted by atomic mass is 79.9. The van der Waals surface area contributed by atoms with Gasteiger partial charge in [-0.2, -0.15) is 0 Å². The molecule has 0 fully saturated rings. The minimum Gasteiger partial charge on any atom is -0.508 e. The molecule has 23 heavy (non-hydrogen) atoms. The maximum Gasteiger partial charge on any atom is 0.295 e. The van der Waals surface area contributed by atoms with E-state index in [1.165, 1.54) is 24.3 Å². The first-order valence-electron chi connectivity index (χ1n) is 6.71. The van der Waals surface area contributed by atoms with Gasteiger partial charge in [0.25, 0.3) is 5.91 Å². The molecule has 1 amide bonds. The zero-order valence-electron chi connectivity index (χ0n) is 12.0. The van der Waals surface area contributed by atoms with E-state index in [1.807, 2.05) is 19.1 Å². The monoisotopic (exact) mass is 373 g/mol. The van der Waals surface area contributed by atoms with Gasteiger partial charge in [0.1, 0.15) is 5.75 Å². The van der Waals surface area contributed by atoms with Crippen LogP contribution in [0.3, 0.4) is 0 Å². The Morgan fingerprint density at radius 3 is 2.57 bits per heavy atom. The van der Waals surface area contributed by atoms with E-state index in [4.69, 9.17) is 0 Å². The number of aryl methyl sites for hydroxylation is 1. The molecule has 116 valence electrons. The fraction of sp³-hybridized carbons (Fsp3) is 0.0625. The fourth-order valence-corrected chi connectivity index (χ4v) is 2.89. The number of nitrogens with zero attached hydrogens (tertiary/aromatic N) is 2. The van der Waals surface area contributed by atoms with Crippen molar-refractivity contribution in [2.24, 2.45) is 10.2 Å². The molecule has 0 radical (unpaired) electrons. The molecule has 3 rings (SSSR count). The van der Waals surface area contributed by atoms with Crippen molar-refractivity contribution < 1.29 is 15.0 Å². The number of carbonyl (C=O) groups excluding carboxylic acids is 1. The molecular formula is C16H12BrN3O3. The molecule has 0 saturated carbocycles. The first kappa shape index (κ1) is 15.2. The van der Waals surface area contributed by atoms with Crippen LogP contribution in [0, 0.1) is 6.92 Å². The number of aromatic hydroxyl groups is 2. The lowest BCUT2D eigenvalue weighted by Gasteiger charge is -1.98. The number of fused-ring (bicyclic) bond motifs is 1. The molecule has 0 unspecified atom stereocenters. The Balaban J connectivity index is 1.99. The van der Waals surface area contributed by atoms with Gasteiger partial charge in [0.05, 0.1) is 5.52 Å². The third-order valence-electron chi connectivity index (χ3n) is 3.31. The summed E-state index contributed by atoms with van der Waals surface area (Å²) >= 11 is 3.41. The smallest absolute Gasteiger partial charge is 0.295 e. The summed E-state index contributed by atoms with van der Waals surface area (Å²) in [6, 6.07) is 9.44. The Morgan fingerprint density at radius 1 is 1.17 bits per heavy atom. The fourth-order valence-electron chi connectivity index (χ4n) is 2.22. The van der Waals surface area contributed by atoms with Gasteiger partial charge in [0, 0.05) is 15.4 Å². The lowest BCUT2D eigenvalue weighted by Crippen LogP contribution is -1.92. The van der Waals surface area contributed by atoms with Crippen LogP contribution >= 0.6 is 15.9 Å². The minimum absolute atomic E-state index is 0.0630. The number of phenolic OH excluding ortho intramolecular Hbond substituents is 1. The summed E-state index contributed by atoms with van der Waals surface area (Å²) in [6.07, 6.45) is 0. The maximum atomic E-state index is 12.0. The van der Waals surface area contributed by atoms with Gasteiger partial charge >= 0.3 is 0 Å². The van der Waals surface area contributed by atoms with E-state index >= 15 is 0 Å². The molecule has 0 atom stereocenters. The molecule has 3 aromatic rings. The number of aromatic amines is 1. The minimum atomic E-state index is -0.564. The van der Waals surface area contributed by atoms with Crippen molar-refractivity contribution in [2.75, 3.05) is 0 Å². The molecular weight excluding hydrogens is 362 g/mol. The molecule has 7 heteroatoms. The van der Waals surface area contributed by atoms with Crippen LogP contribution in [-0.4, -0.2) is 21.1 Å². The average molecular weight is 374 g/mol. The van der Waals surface area contributed by atoms with Crippen molar-refractivity contribution in [3.63, 3.8) is 0 Å². The summed E-state index contributed by atoms with van der Waals surface area (Å²) in [5.41, 5.74) is 2.16. The van der Waals surface area contributed by atoms with E-state index < -0.39 is 5.91 Å². The number of amides is 1. The molecule has 0 saturated heterocycles. The molecule has 0 bridgehead atoms. The Labute approximate surface area is 139 Å². The second-order valence-corrected chi connectivity index (χ2v) is 5.90. The topological polar surface area (TPSA) is 98.0 Å². The van der Waals surface area contributed by atoms with Crippen LogP contribution in [0.5, 0.6) is 11.6 Å². The van der Waals surface area contributed by atoms with Crippen molar-refractivity contribution in [3.05, 3.63) is 52.0 Å². The molecule has 0 aliphatic carbocycles. The van der Waals surface area contributed by atoms with Gasteiger partial charge in [-0.15, -0.1) is 10.2 Å². The van der Waals surface area contributed by atoms with E-state index in [1.54, 1.807) is 0 Å². The second-order valence-electron chi connectivity index (χ2n) is 5.04. The van der Waals surface area contributed by atoms with Gasteiger partial charge in [-0.25, -0.2) is 0 Å². The van der Waals surface area contributed by atoms with Crippen molar-refractivity contribution >= 4 is 38.4 Å². The van der Waals surface area contributed by atoms with Crippen LogP contribution in [0.2, 0.25) is 0 Å². The summed E-state index contributed by atoms with van der Waals surface area (Å²) in [6.45, 7) is 1.91. The molecule has 0 spiro atoms. The highest BCUT2D eigenvalue weighted by molar-refractivity contribution is 9.10. The van der Waals surface area contributed by atoms with Gasteiger partial charge in [-0.1, -0.05) is 0 Å². The number of benzene rings is 2. The predicted octanol–water partition coefficient (Wildman–Crippen LogP) is 4.57. The largest absolute Gasteiger partial charge is 0.508 e. The van der Waals surface area contributed by atoms with E-state index in [-0.39, 0.29) is 17.3 Å². The molecule has 3 N–H and O–H groups in total. The summed E-state index contributed by atoms with van der Waals surface area (Å²) in [4.78, 5) is 14.8. The number of azo groups is 1. The Hall–Kier alpha value is -2.67. The number of aromatic nitrogens is 1. The molecule has 1 aromatic heterocycles. The molecule has 0 aliphatic heterocycles. The van der Waals surface area contributed by atoms with Crippen LogP contribution < -0.4 is 0 Å². The summed E-state index contributed by atoms with van der Waals surface area (Å²) in [5.74, 6) is -0.660. The first-order chi connectivity index (χ1) is 11.0. The van der Waals surface area contributed by atoms with Crippen molar-refractivity contribution in [1.82, 2.24) is 4.98 Å². The van der Waals surface area contributed by atoms with Crippen LogP contribution in [0.4, 0.5) is 5.69 Å². The Kier molecular flexibility index (Phi) is 3.87. The van der Waals surface area contributed by atoms with Crippen molar-refractivity contribution in [2.45, 2.75) is 6.92 Å². The van der Waals surface area contributed by atoms with Crippen molar-refractivity contribution in [3.8, 4) is 11.6 Å². The number of nitrogens with one attached hydrogen (secondary N) is 1. The predicted molar refractivity (Wildman–Crippen MR) is 89.4 cm³/mol. The molecule has 6 nitrogen and oxygen atoms in total. The number of halogens is 1. The van der Waals surface area contributed by atoms with E-state index in [0.717, 1.165) is 10.0 Å².